The average Bonchev–Trinajstić information content (AvgIpc) is 2.65. The van der Waals surface area contributed by atoms with Gasteiger partial charge in [0.15, 0.2) is 0 Å². The zero-order valence-corrected chi connectivity index (χ0v) is 15.2. The van der Waals surface area contributed by atoms with Gasteiger partial charge in [0, 0.05) is 15.6 Å². The van der Waals surface area contributed by atoms with Gasteiger partial charge < -0.3 is 4.74 Å². The van der Waals surface area contributed by atoms with E-state index in [1.54, 1.807) is 0 Å². The molecular weight excluding hydrogens is 380 g/mol. The smallest absolute Gasteiger partial charge is 0.267 e. The average molecular weight is 397 g/mol. The summed E-state index contributed by atoms with van der Waals surface area (Å²) in [5.41, 5.74) is 3.82. The second kappa shape index (κ2) is 6.84. The maximum Gasteiger partial charge on any atom is 0.267 e. The van der Waals surface area contributed by atoms with E-state index in [2.05, 4.69) is 26.1 Å². The van der Waals surface area contributed by atoms with E-state index in [1.807, 2.05) is 48.5 Å². The van der Waals surface area contributed by atoms with E-state index in [4.69, 9.17) is 4.74 Å². The normalized spacial score (nSPS) is 13.3. The van der Waals surface area contributed by atoms with Crippen LogP contribution >= 0.6 is 15.9 Å². The van der Waals surface area contributed by atoms with Crippen LogP contribution in [0.5, 0.6) is 11.5 Å². The standard InChI is InChI=1S/C20H17BrN2O2/c21-14-7-11-16(12-8-14)25-15-9-5-13(6-10-15)19-17-3-1-2-4-18(17)20(24)23-22-19/h5-12H,1-4H2,(H,23,24). The zero-order chi connectivity index (χ0) is 17.2. The molecular formula is C20H17BrN2O2. The van der Waals surface area contributed by atoms with Crippen LogP contribution in [0.2, 0.25) is 0 Å². The van der Waals surface area contributed by atoms with Gasteiger partial charge in [0.1, 0.15) is 11.5 Å². The Morgan fingerprint density at radius 2 is 1.48 bits per heavy atom. The summed E-state index contributed by atoms with van der Waals surface area (Å²) in [6.07, 6.45) is 3.93. The molecule has 0 radical (unpaired) electrons. The van der Waals surface area contributed by atoms with E-state index < -0.39 is 0 Å². The molecule has 0 saturated heterocycles. The maximum absolute atomic E-state index is 12.0. The molecule has 0 atom stereocenters. The molecule has 25 heavy (non-hydrogen) atoms. The molecule has 1 heterocycles. The summed E-state index contributed by atoms with van der Waals surface area (Å²) in [5, 5.41) is 6.95. The third-order valence-corrected chi connectivity index (χ3v) is 5.00. The highest BCUT2D eigenvalue weighted by Gasteiger charge is 2.18. The highest BCUT2D eigenvalue weighted by molar-refractivity contribution is 9.10. The van der Waals surface area contributed by atoms with Crippen LogP contribution in [-0.2, 0) is 12.8 Å². The summed E-state index contributed by atoms with van der Waals surface area (Å²) in [6.45, 7) is 0. The van der Waals surface area contributed by atoms with Gasteiger partial charge in [-0.25, -0.2) is 5.10 Å². The summed E-state index contributed by atoms with van der Waals surface area (Å²) in [5.74, 6) is 1.56. The Bertz CT molecular complexity index is 947. The van der Waals surface area contributed by atoms with Crippen LogP contribution in [0.3, 0.4) is 0 Å². The van der Waals surface area contributed by atoms with E-state index in [0.717, 1.165) is 64.0 Å². The van der Waals surface area contributed by atoms with Crippen LogP contribution in [0.1, 0.15) is 24.0 Å². The minimum atomic E-state index is -0.0476. The van der Waals surface area contributed by atoms with E-state index in [0.29, 0.717) is 0 Å². The van der Waals surface area contributed by atoms with Crippen molar-refractivity contribution in [3.05, 3.63) is 74.5 Å². The molecule has 1 aromatic heterocycles. The first-order valence-electron chi connectivity index (χ1n) is 8.35. The van der Waals surface area contributed by atoms with Gasteiger partial charge >= 0.3 is 0 Å². The summed E-state index contributed by atoms with van der Waals surface area (Å²) < 4.78 is 6.87. The number of benzene rings is 2. The van der Waals surface area contributed by atoms with Crippen molar-refractivity contribution >= 4 is 15.9 Å². The lowest BCUT2D eigenvalue weighted by molar-refractivity contribution is 0.482. The number of halogens is 1. The summed E-state index contributed by atoms with van der Waals surface area (Å²) in [7, 11) is 0. The largest absolute Gasteiger partial charge is 0.457 e. The SMILES string of the molecule is O=c1[nH]nc(-c2ccc(Oc3ccc(Br)cc3)cc2)c2c1CCCC2. The molecule has 4 nitrogen and oxygen atoms in total. The molecule has 0 fully saturated rings. The number of H-pyrrole nitrogens is 1. The molecule has 0 bridgehead atoms. The number of rotatable bonds is 3. The van der Waals surface area contributed by atoms with Gasteiger partial charge in [-0.1, -0.05) is 15.9 Å². The Kier molecular flexibility index (Phi) is 4.40. The number of ether oxygens (including phenoxy) is 1. The fraction of sp³-hybridized carbons (Fsp3) is 0.200. The summed E-state index contributed by atoms with van der Waals surface area (Å²) in [4.78, 5) is 12.0. The highest BCUT2D eigenvalue weighted by atomic mass is 79.9. The number of nitrogens with one attached hydrogen (secondary N) is 1. The van der Waals surface area contributed by atoms with Crippen molar-refractivity contribution in [2.75, 3.05) is 0 Å². The third-order valence-electron chi connectivity index (χ3n) is 4.47. The first-order chi connectivity index (χ1) is 12.2. The third kappa shape index (κ3) is 3.37. The minimum absolute atomic E-state index is 0.0476. The number of hydrogen-bond donors (Lipinski definition) is 1. The van der Waals surface area contributed by atoms with Gasteiger partial charge in [-0.15, -0.1) is 0 Å². The van der Waals surface area contributed by atoms with Gasteiger partial charge in [-0.2, -0.15) is 5.10 Å². The molecule has 1 aliphatic carbocycles. The maximum atomic E-state index is 12.0. The van der Waals surface area contributed by atoms with Crippen LogP contribution < -0.4 is 10.3 Å². The lowest BCUT2D eigenvalue weighted by Crippen LogP contribution is -2.21. The van der Waals surface area contributed by atoms with Crippen LogP contribution in [0.15, 0.2) is 57.8 Å². The fourth-order valence-electron chi connectivity index (χ4n) is 3.22. The second-order valence-electron chi connectivity index (χ2n) is 6.15. The molecule has 0 unspecified atom stereocenters. The molecule has 1 aliphatic rings. The topological polar surface area (TPSA) is 55.0 Å². The lowest BCUT2D eigenvalue weighted by atomic mass is 9.90. The van der Waals surface area contributed by atoms with Crippen LogP contribution in [0, 0.1) is 0 Å². The molecule has 2 aromatic carbocycles. The van der Waals surface area contributed by atoms with Gasteiger partial charge in [0.2, 0.25) is 0 Å². The number of hydrogen-bond acceptors (Lipinski definition) is 3. The molecule has 126 valence electrons. The Hall–Kier alpha value is -2.40. The first-order valence-corrected chi connectivity index (χ1v) is 9.14. The molecule has 5 heteroatoms. The van der Waals surface area contributed by atoms with Crippen LogP contribution in [0.4, 0.5) is 0 Å². The molecule has 0 saturated carbocycles. The van der Waals surface area contributed by atoms with Gasteiger partial charge in [-0.05, 0) is 79.8 Å². The second-order valence-corrected chi connectivity index (χ2v) is 7.06. The van der Waals surface area contributed by atoms with Gasteiger partial charge in [-0.3, -0.25) is 4.79 Å². The van der Waals surface area contributed by atoms with Crippen molar-refractivity contribution in [3.8, 4) is 22.8 Å². The number of aromatic amines is 1. The highest BCUT2D eigenvalue weighted by Crippen LogP contribution is 2.30. The molecule has 1 N–H and O–H groups in total. The number of aromatic nitrogens is 2. The minimum Gasteiger partial charge on any atom is -0.457 e. The van der Waals surface area contributed by atoms with E-state index >= 15 is 0 Å². The number of fused-ring (bicyclic) bond motifs is 1. The molecule has 4 rings (SSSR count). The predicted molar refractivity (Wildman–Crippen MR) is 101 cm³/mol. The summed E-state index contributed by atoms with van der Waals surface area (Å²) >= 11 is 3.41. The Morgan fingerprint density at radius 1 is 0.880 bits per heavy atom. The molecule has 3 aromatic rings. The summed E-state index contributed by atoms with van der Waals surface area (Å²) in [6, 6.07) is 15.6. The van der Waals surface area contributed by atoms with Crippen molar-refractivity contribution in [3.63, 3.8) is 0 Å². The van der Waals surface area contributed by atoms with E-state index in [9.17, 15) is 4.79 Å². The van der Waals surface area contributed by atoms with E-state index in [1.165, 1.54) is 0 Å². The van der Waals surface area contributed by atoms with Crippen molar-refractivity contribution in [1.82, 2.24) is 10.2 Å². The first kappa shape index (κ1) is 16.1. The van der Waals surface area contributed by atoms with Crippen LogP contribution in [-0.4, -0.2) is 10.2 Å². The zero-order valence-electron chi connectivity index (χ0n) is 13.6. The predicted octanol–water partition coefficient (Wildman–Crippen LogP) is 4.87. The Balaban J connectivity index is 1.62. The van der Waals surface area contributed by atoms with Crippen molar-refractivity contribution in [2.45, 2.75) is 25.7 Å². The Morgan fingerprint density at radius 3 is 2.16 bits per heavy atom. The van der Waals surface area contributed by atoms with E-state index in [-0.39, 0.29) is 5.56 Å². The van der Waals surface area contributed by atoms with Crippen molar-refractivity contribution in [2.24, 2.45) is 0 Å². The fourth-order valence-corrected chi connectivity index (χ4v) is 3.48. The quantitative estimate of drug-likeness (QED) is 0.686. The molecule has 0 amide bonds. The van der Waals surface area contributed by atoms with Gasteiger partial charge in [0.25, 0.3) is 5.56 Å². The van der Waals surface area contributed by atoms with Gasteiger partial charge in [0.05, 0.1) is 5.69 Å². The van der Waals surface area contributed by atoms with Crippen molar-refractivity contribution in [1.29, 1.82) is 0 Å². The lowest BCUT2D eigenvalue weighted by Gasteiger charge is -2.17. The molecule has 0 spiro atoms. The monoisotopic (exact) mass is 396 g/mol. The van der Waals surface area contributed by atoms with Crippen molar-refractivity contribution < 1.29 is 4.74 Å². The Labute approximate surface area is 154 Å². The van der Waals surface area contributed by atoms with Crippen LogP contribution in [0.25, 0.3) is 11.3 Å². The molecule has 0 aliphatic heterocycles. The number of nitrogens with zero attached hydrogens (tertiary/aromatic N) is 1.